The molecule has 23 heavy (non-hydrogen) atoms. The summed E-state index contributed by atoms with van der Waals surface area (Å²) >= 11 is 0. The van der Waals surface area contributed by atoms with E-state index in [9.17, 15) is 0 Å². The average molecular weight is 319 g/mol. The maximum atomic E-state index is 5.59. The molecule has 0 aliphatic heterocycles. The van der Waals surface area contributed by atoms with Crippen molar-refractivity contribution in [2.75, 3.05) is 13.2 Å². The molecule has 0 spiro atoms. The fourth-order valence-corrected chi connectivity index (χ4v) is 2.94. The number of rotatable bonds is 16. The molecule has 0 atom stereocenters. The van der Waals surface area contributed by atoms with Gasteiger partial charge in [-0.15, -0.1) is 0 Å². The Labute approximate surface area is 144 Å². The van der Waals surface area contributed by atoms with E-state index in [1.54, 1.807) is 0 Å². The lowest BCUT2D eigenvalue weighted by Crippen LogP contribution is -1.96. The van der Waals surface area contributed by atoms with Crippen LogP contribution in [0.25, 0.3) is 0 Å². The SMILES string of the molecule is CCCCOCCCCCCCCCCCCc1ccccc1. The summed E-state index contributed by atoms with van der Waals surface area (Å²) in [6.07, 6.45) is 17.6. The van der Waals surface area contributed by atoms with Gasteiger partial charge in [0.05, 0.1) is 0 Å². The van der Waals surface area contributed by atoms with Gasteiger partial charge in [0.15, 0.2) is 0 Å². The highest BCUT2D eigenvalue weighted by atomic mass is 16.5. The second kappa shape index (κ2) is 16.1. The molecule has 0 aliphatic rings. The van der Waals surface area contributed by atoms with E-state index in [-0.39, 0.29) is 0 Å². The Morgan fingerprint density at radius 1 is 0.609 bits per heavy atom. The molecule has 1 aromatic carbocycles. The zero-order chi connectivity index (χ0) is 16.4. The highest BCUT2D eigenvalue weighted by molar-refractivity contribution is 5.14. The molecule has 0 saturated carbocycles. The quantitative estimate of drug-likeness (QED) is 0.300. The van der Waals surface area contributed by atoms with Crippen molar-refractivity contribution < 1.29 is 4.74 Å². The summed E-state index contributed by atoms with van der Waals surface area (Å²) in [6.45, 7) is 4.15. The topological polar surface area (TPSA) is 9.23 Å². The van der Waals surface area contributed by atoms with Crippen LogP contribution in [0.4, 0.5) is 0 Å². The van der Waals surface area contributed by atoms with Crippen LogP contribution < -0.4 is 0 Å². The van der Waals surface area contributed by atoms with Crippen molar-refractivity contribution in [1.82, 2.24) is 0 Å². The smallest absolute Gasteiger partial charge is 0.0466 e. The van der Waals surface area contributed by atoms with Crippen LogP contribution in [0.1, 0.15) is 89.5 Å². The van der Waals surface area contributed by atoms with Crippen molar-refractivity contribution in [3.05, 3.63) is 35.9 Å². The Kier molecular flexibility index (Phi) is 14.1. The number of aryl methyl sites for hydroxylation is 1. The molecule has 0 aromatic heterocycles. The number of hydrogen-bond acceptors (Lipinski definition) is 1. The van der Waals surface area contributed by atoms with Gasteiger partial charge in [-0.05, 0) is 31.2 Å². The van der Waals surface area contributed by atoms with Gasteiger partial charge in [0, 0.05) is 13.2 Å². The van der Waals surface area contributed by atoms with Crippen LogP contribution >= 0.6 is 0 Å². The van der Waals surface area contributed by atoms with Gasteiger partial charge in [0.25, 0.3) is 0 Å². The van der Waals surface area contributed by atoms with Gasteiger partial charge < -0.3 is 4.74 Å². The normalized spacial score (nSPS) is 11.0. The van der Waals surface area contributed by atoms with Gasteiger partial charge in [-0.3, -0.25) is 0 Å². The minimum atomic E-state index is 0.959. The molecule has 1 heteroatoms. The van der Waals surface area contributed by atoms with Crippen molar-refractivity contribution >= 4 is 0 Å². The zero-order valence-corrected chi connectivity index (χ0v) is 15.4. The van der Waals surface area contributed by atoms with Crippen LogP contribution in [0.15, 0.2) is 30.3 Å². The molecule has 0 heterocycles. The van der Waals surface area contributed by atoms with Crippen molar-refractivity contribution in [2.45, 2.75) is 90.4 Å². The van der Waals surface area contributed by atoms with Crippen LogP contribution in [0.2, 0.25) is 0 Å². The largest absolute Gasteiger partial charge is 0.381 e. The van der Waals surface area contributed by atoms with Gasteiger partial charge in [0.1, 0.15) is 0 Å². The number of ether oxygens (including phenoxy) is 1. The summed E-state index contributed by atoms with van der Waals surface area (Å²) in [5.41, 5.74) is 1.49. The maximum Gasteiger partial charge on any atom is 0.0466 e. The second-order valence-corrected chi connectivity index (χ2v) is 6.74. The monoisotopic (exact) mass is 318 g/mol. The Balaban J connectivity index is 1.72. The predicted octanol–water partition coefficient (Wildman–Crippen LogP) is 6.95. The molecule has 0 unspecified atom stereocenters. The van der Waals surface area contributed by atoms with Crippen LogP contribution in [0.3, 0.4) is 0 Å². The van der Waals surface area contributed by atoms with E-state index >= 15 is 0 Å². The standard InChI is InChI=1S/C22H38O/c1-2-3-20-23-21-16-11-9-7-5-4-6-8-10-13-17-22-18-14-12-15-19-22/h12,14-15,18-19H,2-11,13,16-17,20-21H2,1H3. The van der Waals surface area contributed by atoms with E-state index in [0.717, 1.165) is 13.2 Å². The molecule has 0 bridgehead atoms. The third-order valence-electron chi connectivity index (χ3n) is 4.49. The van der Waals surface area contributed by atoms with Crippen LogP contribution in [0, 0.1) is 0 Å². The Hall–Kier alpha value is -0.820. The zero-order valence-electron chi connectivity index (χ0n) is 15.4. The van der Waals surface area contributed by atoms with Gasteiger partial charge in [-0.1, -0.05) is 95.0 Å². The average Bonchev–Trinajstić information content (AvgIpc) is 2.59. The third kappa shape index (κ3) is 13.3. The van der Waals surface area contributed by atoms with E-state index in [1.165, 1.54) is 89.0 Å². The van der Waals surface area contributed by atoms with Crippen LogP contribution in [0.5, 0.6) is 0 Å². The van der Waals surface area contributed by atoms with Crippen LogP contribution in [-0.4, -0.2) is 13.2 Å². The number of unbranched alkanes of at least 4 members (excludes halogenated alkanes) is 10. The molecule has 1 aromatic rings. The summed E-state index contributed by atoms with van der Waals surface area (Å²) in [4.78, 5) is 0. The first kappa shape index (κ1) is 20.2. The Bertz CT molecular complexity index is 333. The fourth-order valence-electron chi connectivity index (χ4n) is 2.94. The minimum Gasteiger partial charge on any atom is -0.381 e. The summed E-state index contributed by atoms with van der Waals surface area (Å²) in [7, 11) is 0. The van der Waals surface area contributed by atoms with E-state index in [4.69, 9.17) is 4.74 Å². The first-order chi connectivity index (χ1) is 11.4. The third-order valence-corrected chi connectivity index (χ3v) is 4.49. The molecular weight excluding hydrogens is 280 g/mol. The van der Waals surface area contributed by atoms with Gasteiger partial charge in [0.2, 0.25) is 0 Å². The first-order valence-electron chi connectivity index (χ1n) is 10.0. The molecule has 132 valence electrons. The molecule has 1 rings (SSSR count). The summed E-state index contributed by atoms with van der Waals surface area (Å²) in [5, 5.41) is 0. The highest BCUT2D eigenvalue weighted by Crippen LogP contribution is 2.12. The fraction of sp³-hybridized carbons (Fsp3) is 0.727. The lowest BCUT2D eigenvalue weighted by molar-refractivity contribution is 0.127. The summed E-state index contributed by atoms with van der Waals surface area (Å²) in [6, 6.07) is 10.9. The van der Waals surface area contributed by atoms with Crippen LogP contribution in [-0.2, 0) is 11.2 Å². The van der Waals surface area contributed by atoms with Crippen molar-refractivity contribution in [3.63, 3.8) is 0 Å². The summed E-state index contributed by atoms with van der Waals surface area (Å²) in [5.74, 6) is 0. The highest BCUT2D eigenvalue weighted by Gasteiger charge is 1.95. The molecule has 0 radical (unpaired) electrons. The van der Waals surface area contributed by atoms with Crippen molar-refractivity contribution in [2.24, 2.45) is 0 Å². The Morgan fingerprint density at radius 3 is 1.74 bits per heavy atom. The van der Waals surface area contributed by atoms with Gasteiger partial charge in [-0.25, -0.2) is 0 Å². The van der Waals surface area contributed by atoms with E-state index in [1.807, 2.05) is 0 Å². The lowest BCUT2D eigenvalue weighted by atomic mass is 10.0. The molecule has 0 aliphatic carbocycles. The number of benzene rings is 1. The predicted molar refractivity (Wildman–Crippen MR) is 102 cm³/mol. The minimum absolute atomic E-state index is 0.959. The van der Waals surface area contributed by atoms with Crippen molar-refractivity contribution in [1.29, 1.82) is 0 Å². The van der Waals surface area contributed by atoms with E-state index in [0.29, 0.717) is 0 Å². The molecule has 0 N–H and O–H groups in total. The van der Waals surface area contributed by atoms with E-state index in [2.05, 4.69) is 37.3 Å². The molecule has 1 nitrogen and oxygen atoms in total. The maximum absolute atomic E-state index is 5.59. The summed E-state index contributed by atoms with van der Waals surface area (Å²) < 4.78 is 5.59. The molecule has 0 amide bonds. The number of hydrogen-bond donors (Lipinski definition) is 0. The van der Waals surface area contributed by atoms with Crippen molar-refractivity contribution in [3.8, 4) is 0 Å². The first-order valence-corrected chi connectivity index (χ1v) is 10.0. The van der Waals surface area contributed by atoms with E-state index < -0.39 is 0 Å². The van der Waals surface area contributed by atoms with Gasteiger partial charge >= 0.3 is 0 Å². The molecular formula is C22H38O. The van der Waals surface area contributed by atoms with Gasteiger partial charge in [-0.2, -0.15) is 0 Å². The lowest BCUT2D eigenvalue weighted by Gasteiger charge is -2.04. The molecule has 0 fully saturated rings. The second-order valence-electron chi connectivity index (χ2n) is 6.74. The molecule has 0 saturated heterocycles. The Morgan fingerprint density at radius 2 is 1.13 bits per heavy atom.